The molecular formula is C19H30O6Si. The van der Waals surface area contributed by atoms with Gasteiger partial charge >= 0.3 is 5.97 Å². The van der Waals surface area contributed by atoms with Crippen molar-refractivity contribution in [1.82, 2.24) is 0 Å². The summed E-state index contributed by atoms with van der Waals surface area (Å²) in [5.41, 5.74) is 0.360. The molecule has 0 saturated carbocycles. The van der Waals surface area contributed by atoms with E-state index in [1.165, 1.54) is 0 Å². The minimum Gasteiger partial charge on any atom is -0.450 e. The van der Waals surface area contributed by atoms with Gasteiger partial charge in [0.05, 0.1) is 11.7 Å². The summed E-state index contributed by atoms with van der Waals surface area (Å²) in [7, 11) is -2.28. The number of hydrogen-bond acceptors (Lipinski definition) is 6. The largest absolute Gasteiger partial charge is 0.450 e. The zero-order valence-corrected chi connectivity index (χ0v) is 17.3. The molecule has 1 aromatic rings. The molecule has 0 aliphatic carbocycles. The summed E-state index contributed by atoms with van der Waals surface area (Å²) in [6.45, 7) is 12.0. The maximum Gasteiger partial charge on any atom is 0.338 e. The van der Waals surface area contributed by atoms with E-state index in [0.29, 0.717) is 5.56 Å². The summed E-state index contributed by atoms with van der Waals surface area (Å²) in [5.74, 6) is -0.594. The lowest BCUT2D eigenvalue weighted by Crippen LogP contribution is -2.62. The van der Waals surface area contributed by atoms with E-state index >= 15 is 0 Å². The topological polar surface area (TPSA) is 85.2 Å². The van der Waals surface area contributed by atoms with Crippen LogP contribution in [-0.2, 0) is 13.9 Å². The average Bonchev–Trinajstić information content (AvgIpc) is 2.55. The van der Waals surface area contributed by atoms with Crippen molar-refractivity contribution in [2.24, 2.45) is 0 Å². The third-order valence-electron chi connectivity index (χ3n) is 5.27. The normalized spacial score (nSPS) is 30.1. The highest BCUT2D eigenvalue weighted by atomic mass is 28.4. The first kappa shape index (κ1) is 21.1. The average molecular weight is 383 g/mol. The Balaban J connectivity index is 2.26. The minimum atomic E-state index is -2.28. The van der Waals surface area contributed by atoms with E-state index in [1.807, 2.05) is 13.1 Å². The number of carbonyl (C=O) groups excluding carboxylic acids is 1. The lowest BCUT2D eigenvalue weighted by atomic mass is 10.00. The molecule has 1 saturated heterocycles. The second kappa shape index (κ2) is 7.78. The van der Waals surface area contributed by atoms with Gasteiger partial charge < -0.3 is 24.1 Å². The first-order valence-electron chi connectivity index (χ1n) is 8.89. The Morgan fingerprint density at radius 1 is 1.12 bits per heavy atom. The summed E-state index contributed by atoms with van der Waals surface area (Å²) in [4.78, 5) is 12.4. The Hall–Kier alpha value is -1.25. The van der Waals surface area contributed by atoms with Crippen molar-refractivity contribution in [3.8, 4) is 0 Å². The van der Waals surface area contributed by atoms with Crippen molar-refractivity contribution < 1.29 is 28.9 Å². The Morgan fingerprint density at radius 2 is 1.69 bits per heavy atom. The molecular weight excluding hydrogens is 352 g/mol. The summed E-state index contributed by atoms with van der Waals surface area (Å²) < 4.78 is 17.2. The molecule has 0 radical (unpaired) electrons. The molecule has 26 heavy (non-hydrogen) atoms. The number of carbonyl (C=O) groups is 1. The number of rotatable bonds is 4. The molecule has 1 aromatic carbocycles. The maximum absolute atomic E-state index is 12.4. The highest BCUT2D eigenvalue weighted by Gasteiger charge is 2.50. The van der Waals surface area contributed by atoms with Gasteiger partial charge in [-0.2, -0.15) is 0 Å². The van der Waals surface area contributed by atoms with Crippen LogP contribution in [-0.4, -0.2) is 55.2 Å². The number of ether oxygens (including phenoxy) is 2. The summed E-state index contributed by atoms with van der Waals surface area (Å²) >= 11 is 0. The number of hydrogen-bond donors (Lipinski definition) is 2. The van der Waals surface area contributed by atoms with Crippen LogP contribution in [0.4, 0.5) is 0 Å². The SMILES string of the molecule is C[C@H]1O[C@H](O)[C@H](OC(=O)c2ccccc2)[C@H](O[Si](C)(C)C(C)(C)C)[C@@H]1O. The molecule has 1 heterocycles. The first-order valence-corrected chi connectivity index (χ1v) is 11.8. The quantitative estimate of drug-likeness (QED) is 0.615. The van der Waals surface area contributed by atoms with Gasteiger partial charge in [-0.05, 0) is 37.2 Å². The third kappa shape index (κ3) is 4.53. The Morgan fingerprint density at radius 3 is 2.23 bits per heavy atom. The highest BCUT2D eigenvalue weighted by Crippen LogP contribution is 2.39. The van der Waals surface area contributed by atoms with Crippen molar-refractivity contribution in [2.45, 2.75) is 76.5 Å². The monoisotopic (exact) mass is 382 g/mol. The predicted molar refractivity (Wildman–Crippen MR) is 100 cm³/mol. The molecule has 0 aromatic heterocycles. The molecule has 146 valence electrons. The Labute approximate surface area is 156 Å². The van der Waals surface area contributed by atoms with Gasteiger partial charge in [0, 0.05) is 0 Å². The predicted octanol–water partition coefficient (Wildman–Crippen LogP) is 2.70. The lowest BCUT2D eigenvalue weighted by molar-refractivity contribution is -0.273. The molecule has 1 aliphatic rings. The van der Waals surface area contributed by atoms with E-state index in [1.54, 1.807) is 37.3 Å². The fraction of sp³-hybridized carbons (Fsp3) is 0.632. The molecule has 1 fully saturated rings. The van der Waals surface area contributed by atoms with Crippen molar-refractivity contribution >= 4 is 14.3 Å². The fourth-order valence-corrected chi connectivity index (χ4v) is 3.85. The van der Waals surface area contributed by atoms with E-state index in [0.717, 1.165) is 0 Å². The number of aliphatic hydroxyl groups excluding tert-OH is 2. The van der Waals surface area contributed by atoms with Gasteiger partial charge in [0.25, 0.3) is 0 Å². The van der Waals surface area contributed by atoms with E-state index in [2.05, 4.69) is 20.8 Å². The molecule has 7 heteroatoms. The highest BCUT2D eigenvalue weighted by molar-refractivity contribution is 6.74. The van der Waals surface area contributed by atoms with Gasteiger partial charge in [0.1, 0.15) is 12.2 Å². The molecule has 0 spiro atoms. The molecule has 2 N–H and O–H groups in total. The Bertz CT molecular complexity index is 612. The number of benzene rings is 1. The van der Waals surface area contributed by atoms with Crippen LogP contribution < -0.4 is 0 Å². The smallest absolute Gasteiger partial charge is 0.338 e. The molecule has 0 bridgehead atoms. The summed E-state index contributed by atoms with van der Waals surface area (Å²) in [6, 6.07) is 8.50. The summed E-state index contributed by atoms with van der Waals surface area (Å²) in [5, 5.41) is 20.9. The van der Waals surface area contributed by atoms with Gasteiger partial charge in [-0.25, -0.2) is 4.79 Å². The molecule has 0 amide bonds. The van der Waals surface area contributed by atoms with Gasteiger partial charge in [-0.1, -0.05) is 39.0 Å². The third-order valence-corrected chi connectivity index (χ3v) is 9.74. The van der Waals surface area contributed by atoms with Crippen LogP contribution in [0.3, 0.4) is 0 Å². The van der Waals surface area contributed by atoms with Crippen LogP contribution in [0.1, 0.15) is 38.1 Å². The molecule has 1 aliphatic heterocycles. The van der Waals surface area contributed by atoms with Gasteiger partial charge in [-0.3, -0.25) is 0 Å². The maximum atomic E-state index is 12.4. The van der Waals surface area contributed by atoms with E-state index in [-0.39, 0.29) is 5.04 Å². The standard InChI is InChI=1S/C19H30O6Si/c1-12-14(20)15(25-26(5,6)19(2,3)4)16(18(22)23-12)24-17(21)13-10-8-7-9-11-13/h7-12,14-16,18,20,22H,1-6H3/t12-,14-,15-,16-,18+/m1/s1. The lowest BCUT2D eigenvalue weighted by Gasteiger charge is -2.46. The van der Waals surface area contributed by atoms with Crippen LogP contribution in [0, 0.1) is 0 Å². The second-order valence-corrected chi connectivity index (χ2v) is 13.1. The fourth-order valence-electron chi connectivity index (χ4n) is 2.55. The Kier molecular flexibility index (Phi) is 6.30. The van der Waals surface area contributed by atoms with E-state index in [9.17, 15) is 15.0 Å². The van der Waals surface area contributed by atoms with Crippen molar-refractivity contribution in [3.63, 3.8) is 0 Å². The molecule has 6 nitrogen and oxygen atoms in total. The van der Waals surface area contributed by atoms with Crippen LogP contribution in [0.25, 0.3) is 0 Å². The molecule has 2 rings (SSSR count). The zero-order valence-electron chi connectivity index (χ0n) is 16.3. The second-order valence-electron chi connectivity index (χ2n) is 8.30. The van der Waals surface area contributed by atoms with Crippen molar-refractivity contribution in [1.29, 1.82) is 0 Å². The number of esters is 1. The van der Waals surface area contributed by atoms with Crippen LogP contribution >= 0.6 is 0 Å². The molecule has 5 atom stereocenters. The van der Waals surface area contributed by atoms with Crippen molar-refractivity contribution in [3.05, 3.63) is 35.9 Å². The zero-order chi connectivity index (χ0) is 19.7. The van der Waals surface area contributed by atoms with Gasteiger partial charge in [0.15, 0.2) is 20.7 Å². The van der Waals surface area contributed by atoms with Gasteiger partial charge in [-0.15, -0.1) is 0 Å². The minimum absolute atomic E-state index is 0.104. The van der Waals surface area contributed by atoms with Crippen LogP contribution in [0.15, 0.2) is 30.3 Å². The van der Waals surface area contributed by atoms with Crippen LogP contribution in [0.2, 0.25) is 18.1 Å². The van der Waals surface area contributed by atoms with E-state index < -0.39 is 45.0 Å². The van der Waals surface area contributed by atoms with Crippen LogP contribution in [0.5, 0.6) is 0 Å². The van der Waals surface area contributed by atoms with Crippen molar-refractivity contribution in [2.75, 3.05) is 0 Å². The van der Waals surface area contributed by atoms with E-state index in [4.69, 9.17) is 13.9 Å². The molecule has 0 unspecified atom stereocenters. The first-order chi connectivity index (χ1) is 11.9. The number of aliphatic hydroxyl groups is 2. The summed E-state index contributed by atoms with van der Waals surface area (Å²) in [6.07, 6.45) is -4.98. The van der Waals surface area contributed by atoms with Gasteiger partial charge in [0.2, 0.25) is 0 Å².